The van der Waals surface area contributed by atoms with E-state index in [1.165, 1.54) is 43.4 Å². The van der Waals surface area contributed by atoms with Gasteiger partial charge in [0.25, 0.3) is 10.0 Å². The Kier molecular flexibility index (Phi) is 4.76. The Morgan fingerprint density at radius 2 is 1.81 bits per heavy atom. The molecule has 0 atom stereocenters. The first-order valence-corrected chi connectivity index (χ1v) is 9.74. The number of hydrogen-bond donors (Lipinski definition) is 1. The van der Waals surface area contributed by atoms with E-state index in [1.54, 1.807) is 0 Å². The largest absolute Gasteiger partial charge is 0.433 e. The number of aryl methyl sites for hydroxylation is 1. The van der Waals surface area contributed by atoms with Crippen LogP contribution in [0.15, 0.2) is 46.7 Å². The standard InChI is InChI=1S/C15H11ClF3N3O2S2/c1-22-13(15(17,18)19)8-11(20-22)12-6-7-14(25-12)26(23,24)21-10-4-2-9(16)3-5-10/h2-8,21H,1H3. The molecule has 11 heteroatoms. The predicted octanol–water partition coefficient (Wildman–Crippen LogP) is 4.62. The van der Waals surface area contributed by atoms with Crippen molar-refractivity contribution in [3.8, 4) is 10.6 Å². The third-order valence-electron chi connectivity index (χ3n) is 3.37. The molecular weight excluding hydrogens is 411 g/mol. The highest BCUT2D eigenvalue weighted by Gasteiger charge is 2.35. The number of anilines is 1. The molecule has 0 aliphatic heterocycles. The molecule has 0 saturated carbocycles. The minimum absolute atomic E-state index is 0.0401. The van der Waals surface area contributed by atoms with Crippen LogP contribution in [0.25, 0.3) is 10.6 Å². The van der Waals surface area contributed by atoms with Gasteiger partial charge >= 0.3 is 6.18 Å². The Hall–Kier alpha value is -2.04. The average molecular weight is 422 g/mol. The van der Waals surface area contributed by atoms with Crippen LogP contribution in [0.5, 0.6) is 0 Å². The van der Waals surface area contributed by atoms with Gasteiger partial charge < -0.3 is 0 Å². The fourth-order valence-corrected chi connectivity index (χ4v) is 4.63. The molecule has 0 radical (unpaired) electrons. The van der Waals surface area contributed by atoms with Crippen molar-refractivity contribution in [1.82, 2.24) is 9.78 Å². The summed E-state index contributed by atoms with van der Waals surface area (Å²) in [4.78, 5) is 0.313. The van der Waals surface area contributed by atoms with Gasteiger partial charge in [-0.3, -0.25) is 9.40 Å². The molecule has 2 heterocycles. The zero-order chi connectivity index (χ0) is 19.1. The van der Waals surface area contributed by atoms with Crippen molar-refractivity contribution in [2.45, 2.75) is 10.4 Å². The first kappa shape index (κ1) is 18.7. The molecule has 3 aromatic rings. The molecule has 5 nitrogen and oxygen atoms in total. The van der Waals surface area contributed by atoms with Crippen LogP contribution in [-0.2, 0) is 23.2 Å². The van der Waals surface area contributed by atoms with Gasteiger partial charge in [-0.1, -0.05) is 11.6 Å². The summed E-state index contributed by atoms with van der Waals surface area (Å²) in [6, 6.07) is 9.70. The van der Waals surface area contributed by atoms with Gasteiger partial charge in [0, 0.05) is 17.8 Å². The molecular formula is C15H11ClF3N3O2S2. The number of nitrogens with zero attached hydrogens (tertiary/aromatic N) is 2. The zero-order valence-corrected chi connectivity index (χ0v) is 15.5. The van der Waals surface area contributed by atoms with E-state index in [-0.39, 0.29) is 9.90 Å². The molecule has 26 heavy (non-hydrogen) atoms. The molecule has 0 amide bonds. The average Bonchev–Trinajstić information content (AvgIpc) is 3.15. The van der Waals surface area contributed by atoms with Crippen molar-refractivity contribution in [3.05, 3.63) is 53.2 Å². The minimum atomic E-state index is -4.54. The lowest BCUT2D eigenvalue weighted by molar-refractivity contribution is -0.143. The molecule has 0 fully saturated rings. The quantitative estimate of drug-likeness (QED) is 0.668. The lowest BCUT2D eigenvalue weighted by Crippen LogP contribution is -2.11. The van der Waals surface area contributed by atoms with Gasteiger partial charge in [0.1, 0.15) is 15.6 Å². The van der Waals surface area contributed by atoms with E-state index in [4.69, 9.17) is 11.6 Å². The summed E-state index contributed by atoms with van der Waals surface area (Å²) in [6.45, 7) is 0. The van der Waals surface area contributed by atoms with Gasteiger partial charge in [-0.05, 0) is 42.5 Å². The number of hydrogen-bond acceptors (Lipinski definition) is 4. The molecule has 0 spiro atoms. The second kappa shape index (κ2) is 6.60. The van der Waals surface area contributed by atoms with Crippen molar-refractivity contribution in [1.29, 1.82) is 0 Å². The van der Waals surface area contributed by atoms with Gasteiger partial charge in [0.2, 0.25) is 0 Å². The number of sulfonamides is 1. The van der Waals surface area contributed by atoms with Gasteiger partial charge in [0.15, 0.2) is 0 Å². The number of nitrogens with one attached hydrogen (secondary N) is 1. The van der Waals surface area contributed by atoms with Crippen molar-refractivity contribution >= 4 is 38.6 Å². The molecule has 138 valence electrons. The molecule has 0 bridgehead atoms. The maximum absolute atomic E-state index is 12.9. The topological polar surface area (TPSA) is 64.0 Å². The molecule has 1 aromatic carbocycles. The van der Waals surface area contributed by atoms with Gasteiger partial charge in [0.05, 0.1) is 4.88 Å². The van der Waals surface area contributed by atoms with Crippen molar-refractivity contribution in [3.63, 3.8) is 0 Å². The highest BCUT2D eigenvalue weighted by Crippen LogP contribution is 2.35. The van der Waals surface area contributed by atoms with E-state index >= 15 is 0 Å². The van der Waals surface area contributed by atoms with Gasteiger partial charge in [-0.2, -0.15) is 18.3 Å². The number of thiophene rings is 1. The molecule has 2 aromatic heterocycles. The fraction of sp³-hybridized carbons (Fsp3) is 0.133. The van der Waals surface area contributed by atoms with E-state index in [0.717, 1.165) is 22.1 Å². The predicted molar refractivity (Wildman–Crippen MR) is 93.8 cm³/mol. The molecule has 3 rings (SSSR count). The van der Waals surface area contributed by atoms with Crippen LogP contribution in [0, 0.1) is 0 Å². The second-order valence-corrected chi connectivity index (χ2v) is 8.70. The highest BCUT2D eigenvalue weighted by molar-refractivity contribution is 7.94. The Morgan fingerprint density at radius 1 is 1.15 bits per heavy atom. The van der Waals surface area contributed by atoms with Crippen LogP contribution < -0.4 is 4.72 Å². The maximum atomic E-state index is 12.9. The third kappa shape index (κ3) is 3.87. The summed E-state index contributed by atoms with van der Waals surface area (Å²) in [5, 5.41) is 4.27. The van der Waals surface area contributed by atoms with E-state index < -0.39 is 21.9 Å². The van der Waals surface area contributed by atoms with E-state index in [0.29, 0.717) is 15.6 Å². The smallest absolute Gasteiger partial charge is 0.279 e. The zero-order valence-electron chi connectivity index (χ0n) is 13.1. The van der Waals surface area contributed by atoms with Crippen LogP contribution in [0.2, 0.25) is 5.02 Å². The Bertz CT molecular complexity index is 1040. The third-order valence-corrected chi connectivity index (χ3v) is 6.60. The Balaban J connectivity index is 1.88. The van der Waals surface area contributed by atoms with Crippen LogP contribution in [0.4, 0.5) is 18.9 Å². The summed E-state index contributed by atoms with van der Waals surface area (Å²) in [7, 11) is -2.70. The van der Waals surface area contributed by atoms with E-state index in [9.17, 15) is 21.6 Å². The summed E-state index contributed by atoms with van der Waals surface area (Å²) < 4.78 is 66.5. The highest BCUT2D eigenvalue weighted by atomic mass is 35.5. The molecule has 1 N–H and O–H groups in total. The number of rotatable bonds is 4. The fourth-order valence-electron chi connectivity index (χ4n) is 2.18. The van der Waals surface area contributed by atoms with Crippen LogP contribution in [-0.4, -0.2) is 18.2 Å². The van der Waals surface area contributed by atoms with Crippen molar-refractivity contribution < 1.29 is 21.6 Å². The first-order chi connectivity index (χ1) is 12.1. The number of aromatic nitrogens is 2. The lowest BCUT2D eigenvalue weighted by Gasteiger charge is -2.05. The van der Waals surface area contributed by atoms with Crippen LogP contribution in [0.1, 0.15) is 5.69 Å². The van der Waals surface area contributed by atoms with Crippen molar-refractivity contribution in [2.24, 2.45) is 7.05 Å². The number of halogens is 4. The number of benzene rings is 1. The Labute approximate surface area is 156 Å². The van der Waals surface area contributed by atoms with Gasteiger partial charge in [-0.25, -0.2) is 8.42 Å². The van der Waals surface area contributed by atoms with Gasteiger partial charge in [-0.15, -0.1) is 11.3 Å². The minimum Gasteiger partial charge on any atom is -0.279 e. The lowest BCUT2D eigenvalue weighted by atomic mass is 10.3. The molecule has 0 aliphatic carbocycles. The molecule has 0 saturated heterocycles. The van der Waals surface area contributed by atoms with Crippen molar-refractivity contribution in [2.75, 3.05) is 4.72 Å². The SMILES string of the molecule is Cn1nc(-c2ccc(S(=O)(=O)Nc3ccc(Cl)cc3)s2)cc1C(F)(F)F. The normalized spacial score (nSPS) is 12.3. The molecule has 0 unspecified atom stereocenters. The summed E-state index contributed by atoms with van der Waals surface area (Å²) in [5.74, 6) is 0. The summed E-state index contributed by atoms with van der Waals surface area (Å²) in [5.41, 5.74) is -0.538. The summed E-state index contributed by atoms with van der Waals surface area (Å²) >= 11 is 6.58. The monoisotopic (exact) mass is 421 g/mol. The van der Waals surface area contributed by atoms with E-state index in [2.05, 4.69) is 9.82 Å². The first-order valence-electron chi connectivity index (χ1n) is 7.06. The van der Waals surface area contributed by atoms with E-state index in [1.807, 2.05) is 0 Å². The van der Waals surface area contributed by atoms with Crippen LogP contribution >= 0.6 is 22.9 Å². The number of alkyl halides is 3. The molecule has 0 aliphatic rings. The second-order valence-electron chi connectivity index (χ2n) is 5.27. The Morgan fingerprint density at radius 3 is 2.38 bits per heavy atom. The maximum Gasteiger partial charge on any atom is 0.433 e. The summed E-state index contributed by atoms with van der Waals surface area (Å²) in [6.07, 6.45) is -4.54. The van der Waals surface area contributed by atoms with Crippen LogP contribution in [0.3, 0.4) is 0 Å².